The van der Waals surface area contributed by atoms with Crippen LogP contribution in [0.5, 0.6) is 5.75 Å². The van der Waals surface area contributed by atoms with E-state index in [1.807, 2.05) is 0 Å². The molecule has 0 spiro atoms. The number of nitro benzene ring substituents is 1. The van der Waals surface area contributed by atoms with E-state index in [0.717, 1.165) is 0 Å². The van der Waals surface area contributed by atoms with Crippen LogP contribution < -0.4 is 4.74 Å². The predicted octanol–water partition coefficient (Wildman–Crippen LogP) is 3.97. The van der Waals surface area contributed by atoms with Gasteiger partial charge in [0.2, 0.25) is 5.89 Å². The van der Waals surface area contributed by atoms with E-state index in [-0.39, 0.29) is 23.9 Å². The van der Waals surface area contributed by atoms with Gasteiger partial charge in [-0.1, -0.05) is 18.2 Å². The van der Waals surface area contributed by atoms with Gasteiger partial charge in [-0.25, -0.2) is 9.37 Å². The summed E-state index contributed by atoms with van der Waals surface area (Å²) in [5.74, 6) is 0.0110. The molecule has 0 aliphatic carbocycles. The van der Waals surface area contributed by atoms with Gasteiger partial charge in [0.25, 0.3) is 0 Å². The molecule has 7 heteroatoms. The van der Waals surface area contributed by atoms with Gasteiger partial charge in [0.15, 0.2) is 5.75 Å². The second-order valence-corrected chi connectivity index (χ2v) is 4.67. The summed E-state index contributed by atoms with van der Waals surface area (Å²) in [6.07, 6.45) is 1.37. The van der Waals surface area contributed by atoms with Crippen LogP contribution in [-0.4, -0.2) is 9.91 Å². The Balaban J connectivity index is 1.74. The Kier molecular flexibility index (Phi) is 4.01. The molecule has 6 nitrogen and oxygen atoms in total. The molecule has 0 radical (unpaired) electrons. The Labute approximate surface area is 130 Å². The smallest absolute Gasteiger partial charge is 0.310 e. The minimum atomic E-state index is -0.518. The second-order valence-electron chi connectivity index (χ2n) is 4.67. The highest BCUT2D eigenvalue weighted by Gasteiger charge is 2.15. The minimum Gasteiger partial charge on any atom is -0.480 e. The Morgan fingerprint density at radius 1 is 1.22 bits per heavy atom. The van der Waals surface area contributed by atoms with Crippen LogP contribution >= 0.6 is 0 Å². The number of nitrogens with zero attached hydrogens (tertiary/aromatic N) is 2. The molecule has 3 aromatic rings. The zero-order chi connectivity index (χ0) is 16.2. The average Bonchev–Trinajstić information content (AvgIpc) is 3.02. The van der Waals surface area contributed by atoms with E-state index in [0.29, 0.717) is 11.3 Å². The first-order valence-corrected chi connectivity index (χ1v) is 6.70. The van der Waals surface area contributed by atoms with E-state index in [1.165, 1.54) is 30.5 Å². The van der Waals surface area contributed by atoms with Crippen molar-refractivity contribution in [1.29, 1.82) is 0 Å². The summed E-state index contributed by atoms with van der Waals surface area (Å²) in [5, 5.41) is 10.9. The highest BCUT2D eigenvalue weighted by atomic mass is 19.1. The molecule has 2 aromatic carbocycles. The normalized spacial score (nSPS) is 10.5. The maximum Gasteiger partial charge on any atom is 0.310 e. The van der Waals surface area contributed by atoms with E-state index < -0.39 is 10.7 Å². The van der Waals surface area contributed by atoms with Crippen LogP contribution in [0.4, 0.5) is 10.1 Å². The molecule has 3 rings (SSSR count). The van der Waals surface area contributed by atoms with Crippen LogP contribution in [0.2, 0.25) is 0 Å². The molecule has 0 N–H and O–H groups in total. The number of ether oxygens (including phenoxy) is 1. The standard InChI is InChI=1S/C16H11FN2O4/c17-12-5-3-4-11(8-12)16-18-13(10-23-16)9-22-15-7-2-1-6-14(15)19(20)21/h1-8,10H,9H2. The molecule has 0 saturated heterocycles. The number of para-hydroxylation sites is 2. The molecule has 0 saturated carbocycles. The molecule has 0 unspecified atom stereocenters. The van der Waals surface area contributed by atoms with Crippen molar-refractivity contribution in [2.24, 2.45) is 0 Å². The van der Waals surface area contributed by atoms with Crippen molar-refractivity contribution in [3.8, 4) is 17.2 Å². The largest absolute Gasteiger partial charge is 0.480 e. The minimum absolute atomic E-state index is 0.00364. The summed E-state index contributed by atoms with van der Waals surface area (Å²) in [6.45, 7) is 0.00364. The first kappa shape index (κ1) is 14.7. The van der Waals surface area contributed by atoms with E-state index in [9.17, 15) is 14.5 Å². The van der Waals surface area contributed by atoms with Crippen molar-refractivity contribution in [1.82, 2.24) is 4.98 Å². The lowest BCUT2D eigenvalue weighted by atomic mass is 10.2. The van der Waals surface area contributed by atoms with Crippen LogP contribution in [0.15, 0.2) is 59.2 Å². The van der Waals surface area contributed by atoms with Crippen LogP contribution in [0.1, 0.15) is 5.69 Å². The summed E-state index contributed by atoms with van der Waals surface area (Å²) >= 11 is 0. The maximum absolute atomic E-state index is 13.2. The van der Waals surface area contributed by atoms with Crippen molar-refractivity contribution in [2.45, 2.75) is 6.61 Å². The van der Waals surface area contributed by atoms with Gasteiger partial charge in [0.05, 0.1) is 4.92 Å². The van der Waals surface area contributed by atoms with Gasteiger partial charge < -0.3 is 9.15 Å². The van der Waals surface area contributed by atoms with Crippen molar-refractivity contribution < 1.29 is 18.5 Å². The summed E-state index contributed by atoms with van der Waals surface area (Å²) in [6, 6.07) is 11.9. The lowest BCUT2D eigenvalue weighted by Crippen LogP contribution is -1.99. The molecule has 0 amide bonds. The predicted molar refractivity (Wildman–Crippen MR) is 79.3 cm³/mol. The van der Waals surface area contributed by atoms with Crippen molar-refractivity contribution in [3.05, 3.63) is 76.4 Å². The number of hydrogen-bond donors (Lipinski definition) is 0. The van der Waals surface area contributed by atoms with Crippen LogP contribution in [-0.2, 0) is 6.61 Å². The molecule has 1 heterocycles. The molecule has 0 atom stereocenters. The van der Waals surface area contributed by atoms with Crippen LogP contribution in [0, 0.1) is 15.9 Å². The summed E-state index contributed by atoms with van der Waals surface area (Å²) in [5.41, 5.74) is 0.825. The summed E-state index contributed by atoms with van der Waals surface area (Å²) in [7, 11) is 0. The van der Waals surface area contributed by atoms with Gasteiger partial charge >= 0.3 is 5.69 Å². The third-order valence-electron chi connectivity index (χ3n) is 3.06. The number of halogens is 1. The van der Waals surface area contributed by atoms with E-state index in [2.05, 4.69) is 4.98 Å². The first-order chi connectivity index (χ1) is 11.1. The lowest BCUT2D eigenvalue weighted by molar-refractivity contribution is -0.385. The molecular weight excluding hydrogens is 303 g/mol. The van der Waals surface area contributed by atoms with Crippen molar-refractivity contribution >= 4 is 5.69 Å². The molecule has 0 aliphatic heterocycles. The fraction of sp³-hybridized carbons (Fsp3) is 0.0625. The fourth-order valence-corrected chi connectivity index (χ4v) is 2.01. The number of hydrogen-bond acceptors (Lipinski definition) is 5. The van der Waals surface area contributed by atoms with Gasteiger partial charge in [-0.3, -0.25) is 10.1 Å². The summed E-state index contributed by atoms with van der Waals surface area (Å²) < 4.78 is 23.9. The topological polar surface area (TPSA) is 78.4 Å². The number of benzene rings is 2. The third kappa shape index (κ3) is 3.34. The Bertz CT molecular complexity index is 847. The molecule has 116 valence electrons. The lowest BCUT2D eigenvalue weighted by Gasteiger charge is -2.03. The monoisotopic (exact) mass is 314 g/mol. The third-order valence-corrected chi connectivity index (χ3v) is 3.06. The number of nitro groups is 1. The average molecular weight is 314 g/mol. The van der Waals surface area contributed by atoms with Gasteiger partial charge in [0.1, 0.15) is 24.4 Å². The van der Waals surface area contributed by atoms with Gasteiger partial charge in [0, 0.05) is 11.6 Å². The molecular formula is C16H11FN2O4. The SMILES string of the molecule is O=[N+]([O-])c1ccccc1OCc1coc(-c2cccc(F)c2)n1. The summed E-state index contributed by atoms with van der Waals surface area (Å²) in [4.78, 5) is 14.6. The van der Waals surface area contributed by atoms with E-state index in [1.54, 1.807) is 24.3 Å². The second kappa shape index (κ2) is 6.27. The Hall–Kier alpha value is -3.22. The zero-order valence-electron chi connectivity index (χ0n) is 11.8. The Morgan fingerprint density at radius 2 is 2.04 bits per heavy atom. The quantitative estimate of drug-likeness (QED) is 0.526. The molecule has 23 heavy (non-hydrogen) atoms. The fourth-order valence-electron chi connectivity index (χ4n) is 2.01. The van der Waals surface area contributed by atoms with E-state index in [4.69, 9.17) is 9.15 Å². The molecule has 0 aliphatic rings. The van der Waals surface area contributed by atoms with Gasteiger partial charge in [-0.05, 0) is 24.3 Å². The van der Waals surface area contributed by atoms with Crippen LogP contribution in [0.25, 0.3) is 11.5 Å². The number of aromatic nitrogens is 1. The zero-order valence-corrected chi connectivity index (χ0v) is 11.8. The maximum atomic E-state index is 13.2. The number of oxazole rings is 1. The number of rotatable bonds is 5. The van der Waals surface area contributed by atoms with Crippen LogP contribution in [0.3, 0.4) is 0 Å². The van der Waals surface area contributed by atoms with Crippen molar-refractivity contribution in [2.75, 3.05) is 0 Å². The highest BCUT2D eigenvalue weighted by molar-refractivity contribution is 5.53. The Morgan fingerprint density at radius 3 is 2.83 bits per heavy atom. The van der Waals surface area contributed by atoms with E-state index >= 15 is 0 Å². The van der Waals surface area contributed by atoms with Gasteiger partial charge in [-0.2, -0.15) is 0 Å². The van der Waals surface area contributed by atoms with Gasteiger partial charge in [-0.15, -0.1) is 0 Å². The molecule has 0 bridgehead atoms. The first-order valence-electron chi connectivity index (χ1n) is 6.70. The highest BCUT2D eigenvalue weighted by Crippen LogP contribution is 2.27. The molecule has 0 fully saturated rings. The molecule has 1 aromatic heterocycles. The van der Waals surface area contributed by atoms with Crippen molar-refractivity contribution in [3.63, 3.8) is 0 Å².